The van der Waals surface area contributed by atoms with Crippen LogP contribution in [0.3, 0.4) is 0 Å². The normalized spacial score (nSPS) is 15.7. The standard InChI is InChI=1S/C20H19NO3S2/c1-13-10-15(6-9-17(13)24-3)11-18-19(22)21(20(25)26-18)12-14-4-7-16(23-2)8-5-14/h4-11H,12H2,1-3H3. The molecule has 2 aromatic rings. The highest BCUT2D eigenvalue weighted by molar-refractivity contribution is 8.26. The molecule has 0 spiro atoms. The van der Waals surface area contributed by atoms with Gasteiger partial charge in [0, 0.05) is 0 Å². The molecule has 0 unspecified atom stereocenters. The van der Waals surface area contributed by atoms with E-state index in [2.05, 4.69) is 0 Å². The number of rotatable bonds is 5. The Labute approximate surface area is 162 Å². The lowest BCUT2D eigenvalue weighted by Gasteiger charge is -2.14. The number of ether oxygens (including phenoxy) is 2. The van der Waals surface area contributed by atoms with E-state index in [4.69, 9.17) is 21.7 Å². The molecule has 134 valence electrons. The molecular weight excluding hydrogens is 366 g/mol. The number of methoxy groups -OCH3 is 2. The van der Waals surface area contributed by atoms with Crippen LogP contribution in [0.5, 0.6) is 11.5 Å². The quantitative estimate of drug-likeness (QED) is 0.563. The minimum Gasteiger partial charge on any atom is -0.497 e. The molecule has 0 N–H and O–H groups in total. The summed E-state index contributed by atoms with van der Waals surface area (Å²) in [4.78, 5) is 15.0. The largest absolute Gasteiger partial charge is 0.497 e. The van der Waals surface area contributed by atoms with Crippen molar-refractivity contribution in [3.63, 3.8) is 0 Å². The first-order valence-electron chi connectivity index (χ1n) is 8.04. The number of amides is 1. The number of thiocarbonyl (C=S) groups is 1. The van der Waals surface area contributed by atoms with Gasteiger partial charge < -0.3 is 9.47 Å². The van der Waals surface area contributed by atoms with Gasteiger partial charge in [0.25, 0.3) is 5.91 Å². The smallest absolute Gasteiger partial charge is 0.266 e. The second-order valence-electron chi connectivity index (χ2n) is 5.84. The molecule has 1 aliphatic heterocycles. The van der Waals surface area contributed by atoms with Gasteiger partial charge in [0.15, 0.2) is 0 Å². The molecule has 4 nitrogen and oxygen atoms in total. The molecule has 0 aromatic heterocycles. The number of benzene rings is 2. The summed E-state index contributed by atoms with van der Waals surface area (Å²) >= 11 is 6.74. The van der Waals surface area contributed by atoms with Crippen molar-refractivity contribution < 1.29 is 14.3 Å². The molecule has 0 saturated carbocycles. The lowest BCUT2D eigenvalue weighted by Crippen LogP contribution is -2.27. The van der Waals surface area contributed by atoms with Crippen molar-refractivity contribution >= 4 is 40.3 Å². The summed E-state index contributed by atoms with van der Waals surface area (Å²) in [5.41, 5.74) is 2.98. The molecule has 0 radical (unpaired) electrons. The SMILES string of the molecule is COc1ccc(CN2C(=O)C(=Cc3ccc(OC)c(C)c3)SC2=S)cc1. The average Bonchev–Trinajstić information content (AvgIpc) is 2.90. The van der Waals surface area contributed by atoms with Crippen LogP contribution >= 0.6 is 24.0 Å². The monoisotopic (exact) mass is 385 g/mol. The highest BCUT2D eigenvalue weighted by Gasteiger charge is 2.31. The van der Waals surface area contributed by atoms with Gasteiger partial charge in [-0.05, 0) is 54.0 Å². The molecule has 1 aliphatic rings. The fourth-order valence-corrected chi connectivity index (χ4v) is 3.95. The number of hydrogen-bond acceptors (Lipinski definition) is 5. The summed E-state index contributed by atoms with van der Waals surface area (Å²) in [7, 11) is 3.27. The molecule has 0 aliphatic carbocycles. The van der Waals surface area contributed by atoms with Crippen LogP contribution in [0.4, 0.5) is 0 Å². The maximum atomic E-state index is 12.8. The van der Waals surface area contributed by atoms with Gasteiger partial charge in [0.2, 0.25) is 0 Å². The summed E-state index contributed by atoms with van der Waals surface area (Å²) < 4.78 is 11.0. The Morgan fingerprint density at radius 1 is 1.12 bits per heavy atom. The van der Waals surface area contributed by atoms with Crippen molar-refractivity contribution in [3.8, 4) is 11.5 Å². The Kier molecular flexibility index (Phi) is 5.64. The number of carbonyl (C=O) groups excluding carboxylic acids is 1. The van der Waals surface area contributed by atoms with Crippen molar-refractivity contribution in [1.82, 2.24) is 4.90 Å². The molecule has 0 bridgehead atoms. The van der Waals surface area contributed by atoms with Crippen LogP contribution in [0, 0.1) is 6.92 Å². The Balaban J connectivity index is 1.78. The number of carbonyl (C=O) groups is 1. The minimum absolute atomic E-state index is 0.0655. The minimum atomic E-state index is -0.0655. The van der Waals surface area contributed by atoms with Crippen LogP contribution in [0.1, 0.15) is 16.7 Å². The third-order valence-electron chi connectivity index (χ3n) is 4.09. The Morgan fingerprint density at radius 2 is 1.85 bits per heavy atom. The van der Waals surface area contributed by atoms with Crippen molar-refractivity contribution in [2.24, 2.45) is 0 Å². The lowest BCUT2D eigenvalue weighted by atomic mass is 10.1. The molecule has 0 atom stereocenters. The van der Waals surface area contributed by atoms with E-state index in [1.165, 1.54) is 11.8 Å². The summed E-state index contributed by atoms with van der Waals surface area (Å²) in [5, 5.41) is 0. The summed E-state index contributed by atoms with van der Waals surface area (Å²) in [6.45, 7) is 2.43. The Morgan fingerprint density at radius 3 is 2.46 bits per heavy atom. The molecule has 3 rings (SSSR count). The zero-order chi connectivity index (χ0) is 18.7. The maximum Gasteiger partial charge on any atom is 0.266 e. The van der Waals surface area contributed by atoms with Gasteiger partial charge in [-0.2, -0.15) is 0 Å². The van der Waals surface area contributed by atoms with Gasteiger partial charge in [-0.1, -0.05) is 42.2 Å². The second kappa shape index (κ2) is 7.93. The first kappa shape index (κ1) is 18.5. The van der Waals surface area contributed by atoms with Crippen LogP contribution in [0.25, 0.3) is 6.08 Å². The van der Waals surface area contributed by atoms with E-state index in [0.29, 0.717) is 15.8 Å². The van der Waals surface area contributed by atoms with Crippen molar-refractivity contribution in [3.05, 3.63) is 64.1 Å². The molecule has 6 heteroatoms. The lowest BCUT2D eigenvalue weighted by molar-refractivity contribution is -0.122. The maximum absolute atomic E-state index is 12.8. The van der Waals surface area contributed by atoms with Gasteiger partial charge in [-0.3, -0.25) is 9.69 Å². The highest BCUT2D eigenvalue weighted by Crippen LogP contribution is 2.34. The van der Waals surface area contributed by atoms with Crippen LogP contribution in [0.15, 0.2) is 47.4 Å². The topological polar surface area (TPSA) is 38.8 Å². The fraction of sp³-hybridized carbons (Fsp3) is 0.200. The van der Waals surface area contributed by atoms with Crippen molar-refractivity contribution in [2.75, 3.05) is 14.2 Å². The van der Waals surface area contributed by atoms with E-state index in [1.54, 1.807) is 19.1 Å². The van der Waals surface area contributed by atoms with Crippen LogP contribution < -0.4 is 9.47 Å². The molecule has 1 heterocycles. The van der Waals surface area contributed by atoms with Gasteiger partial charge in [-0.25, -0.2) is 0 Å². The molecule has 2 aromatic carbocycles. The number of aryl methyl sites for hydroxylation is 1. The molecular formula is C20H19NO3S2. The highest BCUT2D eigenvalue weighted by atomic mass is 32.2. The number of thioether (sulfide) groups is 1. The Hall–Kier alpha value is -2.31. The molecule has 1 fully saturated rings. The van der Waals surface area contributed by atoms with Gasteiger partial charge in [-0.15, -0.1) is 0 Å². The number of nitrogens with zero attached hydrogens (tertiary/aromatic N) is 1. The van der Waals surface area contributed by atoms with E-state index in [0.717, 1.165) is 28.2 Å². The average molecular weight is 386 g/mol. The first-order chi connectivity index (χ1) is 12.5. The third kappa shape index (κ3) is 3.92. The third-order valence-corrected chi connectivity index (χ3v) is 5.47. The van der Waals surface area contributed by atoms with Crippen LogP contribution in [-0.4, -0.2) is 29.3 Å². The van der Waals surface area contributed by atoms with Gasteiger partial charge in [0.1, 0.15) is 15.8 Å². The van der Waals surface area contributed by atoms with Gasteiger partial charge >= 0.3 is 0 Å². The van der Waals surface area contributed by atoms with E-state index < -0.39 is 0 Å². The van der Waals surface area contributed by atoms with Crippen LogP contribution in [-0.2, 0) is 11.3 Å². The zero-order valence-corrected chi connectivity index (χ0v) is 16.4. The predicted molar refractivity (Wildman–Crippen MR) is 109 cm³/mol. The molecule has 1 saturated heterocycles. The van der Waals surface area contributed by atoms with E-state index in [1.807, 2.05) is 55.5 Å². The fourth-order valence-electron chi connectivity index (χ4n) is 2.69. The van der Waals surface area contributed by atoms with Crippen molar-refractivity contribution in [2.45, 2.75) is 13.5 Å². The Bertz CT molecular complexity index is 875. The van der Waals surface area contributed by atoms with E-state index in [9.17, 15) is 4.79 Å². The zero-order valence-electron chi connectivity index (χ0n) is 14.8. The summed E-state index contributed by atoms with van der Waals surface area (Å²) in [6.07, 6.45) is 1.87. The van der Waals surface area contributed by atoms with Gasteiger partial charge in [0.05, 0.1) is 25.7 Å². The van der Waals surface area contributed by atoms with E-state index >= 15 is 0 Å². The number of hydrogen-bond donors (Lipinski definition) is 0. The molecule has 1 amide bonds. The van der Waals surface area contributed by atoms with E-state index in [-0.39, 0.29) is 5.91 Å². The predicted octanol–water partition coefficient (Wildman–Crippen LogP) is 4.41. The molecule has 26 heavy (non-hydrogen) atoms. The summed E-state index contributed by atoms with van der Waals surface area (Å²) in [6, 6.07) is 13.5. The van der Waals surface area contributed by atoms with Crippen molar-refractivity contribution in [1.29, 1.82) is 0 Å². The first-order valence-corrected chi connectivity index (χ1v) is 9.27. The summed E-state index contributed by atoms with van der Waals surface area (Å²) in [5.74, 6) is 1.55. The second-order valence-corrected chi connectivity index (χ2v) is 7.52. The van der Waals surface area contributed by atoms with Crippen LogP contribution in [0.2, 0.25) is 0 Å².